The SMILES string of the molecule is Cc1ccnc(C)c1C(=O)N1CCC(C)(N2CCC(N(Cc3ccccc3)C(=O)C(C)C)CC2)CC1.Cl.Cl. The molecule has 0 spiro atoms. The van der Waals surface area contributed by atoms with Crippen LogP contribution in [0.5, 0.6) is 0 Å². The van der Waals surface area contributed by atoms with Crippen molar-refractivity contribution in [3.05, 3.63) is 65.0 Å². The summed E-state index contributed by atoms with van der Waals surface area (Å²) in [5, 5.41) is 0. The summed E-state index contributed by atoms with van der Waals surface area (Å²) in [5.74, 6) is 0.358. The molecule has 1 aromatic carbocycles. The number of rotatable bonds is 6. The van der Waals surface area contributed by atoms with Crippen molar-refractivity contribution in [2.24, 2.45) is 5.92 Å². The normalized spacial score (nSPS) is 17.9. The summed E-state index contributed by atoms with van der Waals surface area (Å²) in [7, 11) is 0. The second-order valence-corrected chi connectivity index (χ2v) is 11.2. The predicted octanol–water partition coefficient (Wildman–Crippen LogP) is 5.69. The van der Waals surface area contributed by atoms with Crippen molar-refractivity contribution in [2.75, 3.05) is 26.2 Å². The second kappa shape index (κ2) is 13.8. The molecule has 0 N–H and O–H groups in total. The van der Waals surface area contributed by atoms with Crippen molar-refractivity contribution in [1.82, 2.24) is 19.7 Å². The summed E-state index contributed by atoms with van der Waals surface area (Å²) in [6.07, 6.45) is 5.71. The summed E-state index contributed by atoms with van der Waals surface area (Å²) >= 11 is 0. The van der Waals surface area contributed by atoms with Crippen molar-refractivity contribution in [3.63, 3.8) is 0 Å². The molecule has 2 fully saturated rings. The monoisotopic (exact) mass is 562 g/mol. The van der Waals surface area contributed by atoms with E-state index in [0.717, 1.165) is 68.7 Å². The molecule has 0 unspecified atom stereocenters. The first-order chi connectivity index (χ1) is 17.2. The molecule has 2 saturated heterocycles. The van der Waals surface area contributed by atoms with Crippen molar-refractivity contribution in [2.45, 2.75) is 78.4 Å². The maximum Gasteiger partial charge on any atom is 0.255 e. The zero-order valence-electron chi connectivity index (χ0n) is 23.5. The molecule has 2 aliphatic heterocycles. The first kappa shape index (κ1) is 32.1. The zero-order valence-corrected chi connectivity index (χ0v) is 25.1. The Bertz CT molecular complexity index is 1040. The van der Waals surface area contributed by atoms with E-state index in [9.17, 15) is 9.59 Å². The average molecular weight is 564 g/mol. The number of hydrogen-bond donors (Lipinski definition) is 0. The van der Waals surface area contributed by atoms with Crippen LogP contribution in [0, 0.1) is 19.8 Å². The Morgan fingerprint density at radius 3 is 2.16 bits per heavy atom. The molecule has 4 rings (SSSR count). The van der Waals surface area contributed by atoms with Gasteiger partial charge in [0, 0.05) is 56.4 Å². The molecule has 3 heterocycles. The number of likely N-dealkylation sites (tertiary alicyclic amines) is 2. The molecule has 2 aromatic rings. The molecule has 6 nitrogen and oxygen atoms in total. The van der Waals surface area contributed by atoms with Crippen LogP contribution in [0.15, 0.2) is 42.6 Å². The van der Waals surface area contributed by atoms with Crippen LogP contribution in [0.1, 0.15) is 73.6 Å². The van der Waals surface area contributed by atoms with Crippen LogP contribution < -0.4 is 0 Å². The van der Waals surface area contributed by atoms with Gasteiger partial charge in [-0.3, -0.25) is 19.5 Å². The molecular weight excluding hydrogens is 519 g/mol. The van der Waals surface area contributed by atoms with Crippen LogP contribution in [0.4, 0.5) is 0 Å². The number of pyridine rings is 1. The highest BCUT2D eigenvalue weighted by atomic mass is 35.5. The summed E-state index contributed by atoms with van der Waals surface area (Å²) < 4.78 is 0. The van der Waals surface area contributed by atoms with Crippen molar-refractivity contribution in [1.29, 1.82) is 0 Å². The minimum absolute atomic E-state index is 0. The molecule has 2 aliphatic rings. The van der Waals surface area contributed by atoms with Gasteiger partial charge in [-0.2, -0.15) is 0 Å². The number of carbonyl (C=O) groups is 2. The van der Waals surface area contributed by atoms with Crippen molar-refractivity contribution in [3.8, 4) is 0 Å². The quantitative estimate of drug-likeness (QED) is 0.454. The Balaban J connectivity index is 0.00000253. The van der Waals surface area contributed by atoms with Crippen LogP contribution in [0.2, 0.25) is 0 Å². The molecule has 0 saturated carbocycles. The van der Waals surface area contributed by atoms with Gasteiger partial charge in [0.05, 0.1) is 11.3 Å². The Kier molecular flexibility index (Phi) is 11.6. The summed E-state index contributed by atoms with van der Waals surface area (Å²) in [6, 6.07) is 12.5. The lowest BCUT2D eigenvalue weighted by atomic mass is 9.85. The molecule has 0 bridgehead atoms. The van der Waals surface area contributed by atoms with Crippen LogP contribution in [0.25, 0.3) is 0 Å². The van der Waals surface area contributed by atoms with Gasteiger partial charge in [0.2, 0.25) is 5.91 Å². The van der Waals surface area contributed by atoms with Gasteiger partial charge in [0.15, 0.2) is 0 Å². The molecule has 8 heteroatoms. The summed E-state index contributed by atoms with van der Waals surface area (Å²) in [4.78, 5) is 37.5. The fourth-order valence-electron chi connectivity index (χ4n) is 5.90. The first-order valence-corrected chi connectivity index (χ1v) is 13.5. The molecule has 210 valence electrons. The minimum Gasteiger partial charge on any atom is -0.338 e. The van der Waals surface area contributed by atoms with Gasteiger partial charge in [0.25, 0.3) is 5.91 Å². The fraction of sp³-hybridized carbons (Fsp3) is 0.567. The van der Waals surface area contributed by atoms with Gasteiger partial charge in [-0.15, -0.1) is 24.8 Å². The minimum atomic E-state index is -0.00166. The Morgan fingerprint density at radius 2 is 1.61 bits per heavy atom. The van der Waals surface area contributed by atoms with E-state index < -0.39 is 0 Å². The Hall–Kier alpha value is -2.15. The number of hydrogen-bond acceptors (Lipinski definition) is 4. The molecular formula is C30H44Cl2N4O2. The third-order valence-corrected chi connectivity index (χ3v) is 8.33. The predicted molar refractivity (Wildman–Crippen MR) is 158 cm³/mol. The number of aryl methyl sites for hydroxylation is 2. The highest BCUT2D eigenvalue weighted by molar-refractivity contribution is 5.96. The Morgan fingerprint density at radius 1 is 1.00 bits per heavy atom. The smallest absolute Gasteiger partial charge is 0.255 e. The molecule has 0 radical (unpaired) electrons. The van der Waals surface area contributed by atoms with Gasteiger partial charge in [-0.05, 0) is 63.6 Å². The van der Waals surface area contributed by atoms with Crippen molar-refractivity contribution >= 4 is 36.6 Å². The molecule has 0 atom stereocenters. The van der Waals surface area contributed by atoms with E-state index in [2.05, 4.69) is 33.8 Å². The summed E-state index contributed by atoms with van der Waals surface area (Å²) in [6.45, 7) is 14.5. The highest BCUT2D eigenvalue weighted by Crippen LogP contribution is 2.33. The van der Waals surface area contributed by atoms with E-state index in [4.69, 9.17) is 0 Å². The van der Waals surface area contributed by atoms with Gasteiger partial charge in [-0.1, -0.05) is 44.2 Å². The number of halogens is 2. The standard InChI is InChI=1S/C30H42N4O2.2ClH/c1-22(2)28(35)34(21-25-9-7-6-8-10-25)26-12-17-33(18-13-26)30(5)14-19-32(20-15-30)29(36)27-23(3)11-16-31-24(27)4;;/h6-11,16,22,26H,12-15,17-21H2,1-5H3;2*1H. The van der Waals surface area contributed by atoms with Gasteiger partial charge in [0.1, 0.15) is 0 Å². The van der Waals surface area contributed by atoms with E-state index >= 15 is 0 Å². The maximum absolute atomic E-state index is 13.3. The highest BCUT2D eigenvalue weighted by Gasteiger charge is 2.40. The number of benzene rings is 1. The summed E-state index contributed by atoms with van der Waals surface area (Å²) in [5.41, 5.74) is 3.85. The third kappa shape index (κ3) is 7.08. The number of nitrogens with zero attached hydrogens (tertiary/aromatic N) is 4. The first-order valence-electron chi connectivity index (χ1n) is 13.5. The Labute approximate surface area is 241 Å². The van der Waals surface area contributed by atoms with E-state index in [-0.39, 0.29) is 54.1 Å². The van der Waals surface area contributed by atoms with E-state index in [1.807, 2.05) is 56.9 Å². The van der Waals surface area contributed by atoms with Gasteiger partial charge in [-0.25, -0.2) is 0 Å². The molecule has 1 aromatic heterocycles. The number of amides is 2. The van der Waals surface area contributed by atoms with E-state index in [1.54, 1.807) is 6.20 Å². The number of piperidine rings is 2. The van der Waals surface area contributed by atoms with Crippen molar-refractivity contribution < 1.29 is 9.59 Å². The molecule has 0 aliphatic carbocycles. The van der Waals surface area contributed by atoms with Crippen LogP contribution in [-0.4, -0.2) is 69.3 Å². The number of carbonyl (C=O) groups excluding carboxylic acids is 2. The lowest BCUT2D eigenvalue weighted by molar-refractivity contribution is -0.139. The maximum atomic E-state index is 13.3. The van der Waals surface area contributed by atoms with Gasteiger partial charge >= 0.3 is 0 Å². The molecule has 38 heavy (non-hydrogen) atoms. The zero-order chi connectivity index (χ0) is 25.9. The topological polar surface area (TPSA) is 56.8 Å². The number of aromatic nitrogens is 1. The lowest BCUT2D eigenvalue weighted by Gasteiger charge is -2.50. The lowest BCUT2D eigenvalue weighted by Crippen LogP contribution is -2.58. The molecule has 2 amide bonds. The van der Waals surface area contributed by atoms with Crippen LogP contribution in [0.3, 0.4) is 0 Å². The van der Waals surface area contributed by atoms with E-state index in [0.29, 0.717) is 6.54 Å². The largest absolute Gasteiger partial charge is 0.338 e. The average Bonchev–Trinajstić information content (AvgIpc) is 2.88. The van der Waals surface area contributed by atoms with Crippen LogP contribution in [-0.2, 0) is 11.3 Å². The fourth-order valence-corrected chi connectivity index (χ4v) is 5.90. The van der Waals surface area contributed by atoms with E-state index in [1.165, 1.54) is 5.56 Å². The van der Waals surface area contributed by atoms with Crippen LogP contribution >= 0.6 is 24.8 Å². The third-order valence-electron chi connectivity index (χ3n) is 8.33. The second-order valence-electron chi connectivity index (χ2n) is 11.2. The van der Waals surface area contributed by atoms with Gasteiger partial charge < -0.3 is 9.80 Å².